The summed E-state index contributed by atoms with van der Waals surface area (Å²) >= 11 is 0. The highest BCUT2D eigenvalue weighted by molar-refractivity contribution is 5.85. The van der Waals surface area contributed by atoms with Crippen LogP contribution >= 0.6 is 12.4 Å². The summed E-state index contributed by atoms with van der Waals surface area (Å²) in [4.78, 5) is 2.54. The minimum Gasteiger partial charge on any atom is -0.311 e. The van der Waals surface area contributed by atoms with Crippen LogP contribution in [0.15, 0.2) is 0 Å². The molecule has 2 fully saturated rings. The van der Waals surface area contributed by atoms with Crippen LogP contribution in [0.3, 0.4) is 0 Å². The Hall–Kier alpha value is -0.580. The van der Waals surface area contributed by atoms with Gasteiger partial charge in [-0.15, -0.1) is 12.4 Å². The van der Waals surface area contributed by atoms with Crippen LogP contribution in [0.25, 0.3) is 0 Å². The molecular formula is C15H27ClN4. The molecule has 1 aromatic heterocycles. The molecule has 2 atom stereocenters. The Morgan fingerprint density at radius 1 is 1.25 bits per heavy atom. The average Bonchev–Trinajstić information content (AvgIpc) is 2.83. The number of nitrogens with zero attached hydrogens (tertiary/aromatic N) is 3. The lowest BCUT2D eigenvalue weighted by molar-refractivity contribution is 0.165. The summed E-state index contributed by atoms with van der Waals surface area (Å²) in [6.45, 7) is 5.34. The van der Waals surface area contributed by atoms with Crippen molar-refractivity contribution in [2.75, 3.05) is 7.05 Å². The molecule has 2 unspecified atom stereocenters. The SMILES string of the molecule is Cc1nn(C)c(C)c1CN(C)C1CC2CCC(C1)N2.Cl. The van der Waals surface area contributed by atoms with E-state index in [1.165, 1.54) is 42.6 Å². The minimum atomic E-state index is 0. The zero-order valence-electron chi connectivity index (χ0n) is 13.0. The highest BCUT2D eigenvalue weighted by Gasteiger charge is 2.35. The third-order valence-electron chi connectivity index (χ3n) is 5.14. The van der Waals surface area contributed by atoms with E-state index in [1.807, 2.05) is 11.7 Å². The van der Waals surface area contributed by atoms with Gasteiger partial charge < -0.3 is 5.32 Å². The molecule has 2 aliphatic rings. The van der Waals surface area contributed by atoms with Crippen molar-refractivity contribution in [3.8, 4) is 0 Å². The molecule has 2 aliphatic heterocycles. The van der Waals surface area contributed by atoms with E-state index in [4.69, 9.17) is 0 Å². The van der Waals surface area contributed by atoms with Crippen LogP contribution in [-0.4, -0.2) is 39.9 Å². The van der Waals surface area contributed by atoms with E-state index in [0.717, 1.165) is 24.7 Å². The third-order valence-corrected chi connectivity index (χ3v) is 5.14. The Kier molecular flexibility index (Phi) is 4.77. The minimum absolute atomic E-state index is 0. The Morgan fingerprint density at radius 2 is 1.85 bits per heavy atom. The normalized spacial score (nSPS) is 28.8. The van der Waals surface area contributed by atoms with Crippen LogP contribution in [0.5, 0.6) is 0 Å². The Bertz CT molecular complexity index is 459. The van der Waals surface area contributed by atoms with Crippen LogP contribution in [-0.2, 0) is 13.6 Å². The molecule has 3 rings (SSSR count). The molecule has 114 valence electrons. The molecule has 0 amide bonds. The van der Waals surface area contributed by atoms with Gasteiger partial charge in [0.05, 0.1) is 5.69 Å². The van der Waals surface area contributed by atoms with Crippen LogP contribution in [0.1, 0.15) is 42.6 Å². The van der Waals surface area contributed by atoms with Gasteiger partial charge in [0.15, 0.2) is 0 Å². The first-order valence-corrected chi connectivity index (χ1v) is 7.50. The zero-order valence-corrected chi connectivity index (χ0v) is 13.8. The summed E-state index contributed by atoms with van der Waals surface area (Å²) in [7, 11) is 4.32. The lowest BCUT2D eigenvalue weighted by atomic mass is 9.98. The average molecular weight is 299 g/mol. The van der Waals surface area contributed by atoms with Crippen molar-refractivity contribution in [2.24, 2.45) is 7.05 Å². The monoisotopic (exact) mass is 298 g/mol. The predicted octanol–water partition coefficient (Wildman–Crippen LogP) is 2.17. The highest BCUT2D eigenvalue weighted by atomic mass is 35.5. The summed E-state index contributed by atoms with van der Waals surface area (Å²) in [5, 5.41) is 8.25. The zero-order chi connectivity index (χ0) is 13.6. The van der Waals surface area contributed by atoms with Gasteiger partial charge in [0.2, 0.25) is 0 Å². The largest absolute Gasteiger partial charge is 0.311 e. The molecule has 0 spiro atoms. The van der Waals surface area contributed by atoms with Gasteiger partial charge in [0.1, 0.15) is 0 Å². The first kappa shape index (κ1) is 15.8. The summed E-state index contributed by atoms with van der Waals surface area (Å²) in [6.07, 6.45) is 5.37. The smallest absolute Gasteiger partial charge is 0.0641 e. The first-order valence-electron chi connectivity index (χ1n) is 7.50. The molecule has 1 aromatic rings. The number of fused-ring (bicyclic) bond motifs is 2. The number of piperidine rings is 1. The molecule has 5 heteroatoms. The van der Waals surface area contributed by atoms with Crippen LogP contribution < -0.4 is 5.32 Å². The summed E-state index contributed by atoms with van der Waals surface area (Å²) < 4.78 is 2.00. The maximum atomic E-state index is 4.53. The number of aryl methyl sites for hydroxylation is 2. The fourth-order valence-corrected chi connectivity index (χ4v) is 3.81. The topological polar surface area (TPSA) is 33.1 Å². The van der Waals surface area contributed by atoms with Gasteiger partial charge in [-0.25, -0.2) is 0 Å². The summed E-state index contributed by atoms with van der Waals surface area (Å²) in [5.41, 5.74) is 3.90. The van der Waals surface area contributed by atoms with E-state index < -0.39 is 0 Å². The van der Waals surface area contributed by atoms with Gasteiger partial charge in [-0.2, -0.15) is 5.10 Å². The number of halogens is 1. The van der Waals surface area contributed by atoms with E-state index in [-0.39, 0.29) is 12.4 Å². The summed E-state index contributed by atoms with van der Waals surface area (Å²) in [6, 6.07) is 2.27. The molecule has 0 saturated carbocycles. The summed E-state index contributed by atoms with van der Waals surface area (Å²) in [5.74, 6) is 0. The predicted molar refractivity (Wildman–Crippen MR) is 84.4 cm³/mol. The lowest BCUT2D eigenvalue weighted by Crippen LogP contribution is -2.46. The number of hydrogen-bond acceptors (Lipinski definition) is 3. The Balaban J connectivity index is 0.00000147. The molecule has 1 N–H and O–H groups in total. The number of aromatic nitrogens is 2. The van der Waals surface area contributed by atoms with Gasteiger partial charge in [-0.3, -0.25) is 9.58 Å². The molecule has 4 nitrogen and oxygen atoms in total. The van der Waals surface area contributed by atoms with Gasteiger partial charge >= 0.3 is 0 Å². The number of nitrogens with one attached hydrogen (secondary N) is 1. The molecule has 0 aromatic carbocycles. The molecule has 3 heterocycles. The Morgan fingerprint density at radius 3 is 2.35 bits per heavy atom. The third kappa shape index (κ3) is 2.87. The van der Waals surface area contributed by atoms with Crippen molar-refractivity contribution in [2.45, 2.75) is 64.2 Å². The van der Waals surface area contributed by atoms with E-state index in [2.05, 4.69) is 36.2 Å². The Labute approximate surface area is 128 Å². The van der Waals surface area contributed by atoms with Crippen LogP contribution in [0.2, 0.25) is 0 Å². The van der Waals surface area contributed by atoms with E-state index >= 15 is 0 Å². The first-order chi connectivity index (χ1) is 9.04. The second-order valence-corrected chi connectivity index (χ2v) is 6.45. The van der Waals surface area contributed by atoms with Crippen molar-refractivity contribution in [1.82, 2.24) is 20.0 Å². The van der Waals surface area contributed by atoms with Gasteiger partial charge in [-0.1, -0.05) is 0 Å². The van der Waals surface area contributed by atoms with Crippen molar-refractivity contribution < 1.29 is 0 Å². The van der Waals surface area contributed by atoms with E-state index in [1.54, 1.807) is 0 Å². The standard InChI is InChI=1S/C15H26N4.ClH/c1-10-15(11(2)19(4)17-10)9-18(3)14-7-12-5-6-13(8-14)16-12;/h12-14,16H,5-9H2,1-4H3;1H. The van der Waals surface area contributed by atoms with E-state index in [9.17, 15) is 0 Å². The second-order valence-electron chi connectivity index (χ2n) is 6.45. The van der Waals surface area contributed by atoms with Crippen LogP contribution in [0, 0.1) is 13.8 Å². The van der Waals surface area contributed by atoms with Gasteiger partial charge in [0.25, 0.3) is 0 Å². The van der Waals surface area contributed by atoms with Crippen LogP contribution in [0.4, 0.5) is 0 Å². The molecule has 2 saturated heterocycles. The molecule has 0 aliphatic carbocycles. The maximum absolute atomic E-state index is 4.53. The van der Waals surface area contributed by atoms with Gasteiger partial charge in [0, 0.05) is 43.0 Å². The molecular weight excluding hydrogens is 272 g/mol. The van der Waals surface area contributed by atoms with E-state index in [0.29, 0.717) is 0 Å². The fourth-order valence-electron chi connectivity index (χ4n) is 3.81. The maximum Gasteiger partial charge on any atom is 0.0641 e. The quantitative estimate of drug-likeness (QED) is 0.928. The molecule has 2 bridgehead atoms. The lowest BCUT2D eigenvalue weighted by Gasteiger charge is -2.35. The van der Waals surface area contributed by atoms with Crippen molar-refractivity contribution >= 4 is 12.4 Å². The number of rotatable bonds is 3. The van der Waals surface area contributed by atoms with Gasteiger partial charge in [-0.05, 0) is 46.6 Å². The molecule has 0 radical (unpaired) electrons. The van der Waals surface area contributed by atoms with Crippen molar-refractivity contribution in [3.63, 3.8) is 0 Å². The fraction of sp³-hybridized carbons (Fsp3) is 0.800. The molecule has 20 heavy (non-hydrogen) atoms. The van der Waals surface area contributed by atoms with Crippen molar-refractivity contribution in [1.29, 1.82) is 0 Å². The highest BCUT2D eigenvalue weighted by Crippen LogP contribution is 2.30. The second kappa shape index (κ2) is 6.04. The number of hydrogen-bond donors (Lipinski definition) is 1. The van der Waals surface area contributed by atoms with Crippen molar-refractivity contribution in [3.05, 3.63) is 17.0 Å².